The molecule has 2 rings (SSSR count). The fourth-order valence-corrected chi connectivity index (χ4v) is 3.26. The Hall–Kier alpha value is -0.470. The zero-order chi connectivity index (χ0) is 9.97. The van der Waals surface area contributed by atoms with Gasteiger partial charge in [0.05, 0.1) is 0 Å². The highest BCUT2D eigenvalue weighted by Gasteiger charge is 2.19. The van der Waals surface area contributed by atoms with E-state index >= 15 is 0 Å². The molecule has 76 valence electrons. The third-order valence-corrected chi connectivity index (χ3v) is 3.97. The molecule has 1 heterocycles. The molecule has 0 radical (unpaired) electrons. The van der Waals surface area contributed by atoms with Crippen LogP contribution < -0.4 is 5.73 Å². The van der Waals surface area contributed by atoms with Crippen LogP contribution in [-0.2, 0) is 0 Å². The number of thioether (sulfide) groups is 1. The van der Waals surface area contributed by atoms with Crippen molar-refractivity contribution in [2.75, 3.05) is 12.3 Å². The second-order valence-corrected chi connectivity index (χ2v) is 5.09. The average Bonchev–Trinajstić information content (AvgIpc) is 2.19. The molecular weight excluding hydrogens is 190 g/mol. The van der Waals surface area contributed by atoms with Crippen molar-refractivity contribution in [3.8, 4) is 0 Å². The molecule has 0 fully saturated rings. The van der Waals surface area contributed by atoms with E-state index < -0.39 is 0 Å². The minimum Gasteiger partial charge on any atom is -0.330 e. The van der Waals surface area contributed by atoms with Crippen LogP contribution in [0.1, 0.15) is 29.9 Å². The molecule has 0 spiro atoms. The van der Waals surface area contributed by atoms with Crippen LogP contribution in [0.5, 0.6) is 0 Å². The van der Waals surface area contributed by atoms with Crippen LogP contribution in [0.25, 0.3) is 0 Å². The molecule has 1 atom stereocenters. The van der Waals surface area contributed by atoms with Crippen LogP contribution in [-0.4, -0.2) is 12.3 Å². The van der Waals surface area contributed by atoms with Crippen molar-refractivity contribution in [2.24, 2.45) is 5.73 Å². The highest BCUT2D eigenvalue weighted by Crippen LogP contribution is 2.39. The molecule has 1 nitrogen and oxygen atoms in total. The van der Waals surface area contributed by atoms with Gasteiger partial charge in [-0.2, -0.15) is 0 Å². The molecule has 0 saturated carbocycles. The molecule has 0 saturated heterocycles. The van der Waals surface area contributed by atoms with Gasteiger partial charge in [-0.3, -0.25) is 0 Å². The lowest BCUT2D eigenvalue weighted by Crippen LogP contribution is -2.12. The predicted octanol–water partition coefficient (Wildman–Crippen LogP) is 2.92. The smallest absolute Gasteiger partial charge is 0.0107 e. The average molecular weight is 207 g/mol. The highest BCUT2D eigenvalue weighted by atomic mass is 32.2. The molecule has 1 unspecified atom stereocenters. The molecule has 0 amide bonds. The first kappa shape index (κ1) is 10.1. The summed E-state index contributed by atoms with van der Waals surface area (Å²) in [7, 11) is 0. The van der Waals surface area contributed by atoms with Crippen LogP contribution in [0.3, 0.4) is 0 Å². The number of aryl methyl sites for hydroxylation is 1. The van der Waals surface area contributed by atoms with E-state index in [1.807, 2.05) is 11.8 Å². The van der Waals surface area contributed by atoms with Crippen molar-refractivity contribution in [3.05, 3.63) is 29.3 Å². The minimum atomic E-state index is 0.705. The molecule has 0 bridgehead atoms. The van der Waals surface area contributed by atoms with Gasteiger partial charge in [0.2, 0.25) is 0 Å². The van der Waals surface area contributed by atoms with Gasteiger partial charge in [-0.05, 0) is 49.6 Å². The third-order valence-electron chi connectivity index (χ3n) is 2.84. The van der Waals surface area contributed by atoms with E-state index in [2.05, 4.69) is 25.1 Å². The summed E-state index contributed by atoms with van der Waals surface area (Å²) >= 11 is 1.99. The number of fused-ring (bicyclic) bond motifs is 1. The summed E-state index contributed by atoms with van der Waals surface area (Å²) in [6.45, 7) is 2.97. The quantitative estimate of drug-likeness (QED) is 0.807. The Morgan fingerprint density at radius 2 is 2.36 bits per heavy atom. The molecule has 1 aromatic rings. The van der Waals surface area contributed by atoms with Crippen molar-refractivity contribution >= 4 is 11.8 Å². The van der Waals surface area contributed by atoms with Crippen molar-refractivity contribution in [3.63, 3.8) is 0 Å². The Labute approximate surface area is 90.1 Å². The first-order valence-electron chi connectivity index (χ1n) is 5.24. The molecule has 0 aliphatic carbocycles. The Bertz CT molecular complexity index is 322. The summed E-state index contributed by atoms with van der Waals surface area (Å²) in [6, 6.07) is 6.80. The number of rotatable bonds is 2. The van der Waals surface area contributed by atoms with Gasteiger partial charge in [0.15, 0.2) is 0 Å². The minimum absolute atomic E-state index is 0.705. The Balaban J connectivity index is 2.32. The number of hydrogen-bond donors (Lipinski definition) is 1. The van der Waals surface area contributed by atoms with E-state index in [0.717, 1.165) is 13.0 Å². The molecular formula is C12H17NS. The number of nitrogens with two attached hydrogens (primary N) is 1. The van der Waals surface area contributed by atoms with Crippen LogP contribution >= 0.6 is 11.8 Å². The van der Waals surface area contributed by atoms with Gasteiger partial charge in [-0.15, -0.1) is 11.8 Å². The monoisotopic (exact) mass is 207 g/mol. The number of benzene rings is 1. The molecule has 0 aromatic heterocycles. The molecule has 1 aliphatic rings. The molecule has 2 heteroatoms. The highest BCUT2D eigenvalue weighted by molar-refractivity contribution is 7.99. The van der Waals surface area contributed by atoms with Crippen LogP contribution in [0.15, 0.2) is 23.1 Å². The summed E-state index contributed by atoms with van der Waals surface area (Å²) in [5, 5.41) is 0. The summed E-state index contributed by atoms with van der Waals surface area (Å²) < 4.78 is 0. The van der Waals surface area contributed by atoms with Crippen molar-refractivity contribution < 1.29 is 0 Å². The fraction of sp³-hybridized carbons (Fsp3) is 0.500. The Kier molecular flexibility index (Phi) is 3.14. The van der Waals surface area contributed by atoms with Crippen LogP contribution in [0.4, 0.5) is 0 Å². The van der Waals surface area contributed by atoms with Gasteiger partial charge in [0, 0.05) is 4.90 Å². The van der Waals surface area contributed by atoms with Gasteiger partial charge < -0.3 is 5.73 Å². The maximum atomic E-state index is 5.65. The molecule has 1 aromatic carbocycles. The van der Waals surface area contributed by atoms with E-state index in [4.69, 9.17) is 5.73 Å². The van der Waals surface area contributed by atoms with Crippen LogP contribution in [0, 0.1) is 6.92 Å². The van der Waals surface area contributed by atoms with Crippen molar-refractivity contribution in [1.82, 2.24) is 0 Å². The maximum absolute atomic E-state index is 5.65. The topological polar surface area (TPSA) is 26.0 Å². The van der Waals surface area contributed by atoms with Crippen LogP contribution in [0.2, 0.25) is 0 Å². The van der Waals surface area contributed by atoms with Gasteiger partial charge in [0.1, 0.15) is 0 Å². The molecule has 2 N–H and O–H groups in total. The lowest BCUT2D eigenvalue weighted by Gasteiger charge is -2.25. The Morgan fingerprint density at radius 3 is 3.14 bits per heavy atom. The SMILES string of the molecule is Cc1ccc2c(c1)C(CCN)CCS2. The standard InChI is InChI=1S/C12H17NS/c1-9-2-3-12-11(8-9)10(4-6-13)5-7-14-12/h2-3,8,10H,4-7,13H2,1H3. The van der Waals surface area contributed by atoms with E-state index in [1.54, 1.807) is 0 Å². The zero-order valence-corrected chi connectivity index (χ0v) is 9.44. The van der Waals surface area contributed by atoms with E-state index in [-0.39, 0.29) is 0 Å². The van der Waals surface area contributed by atoms with E-state index in [9.17, 15) is 0 Å². The zero-order valence-electron chi connectivity index (χ0n) is 8.62. The molecule has 1 aliphatic heterocycles. The summed E-state index contributed by atoms with van der Waals surface area (Å²) in [5.41, 5.74) is 8.55. The first-order chi connectivity index (χ1) is 6.81. The van der Waals surface area contributed by atoms with Gasteiger partial charge >= 0.3 is 0 Å². The van der Waals surface area contributed by atoms with Gasteiger partial charge in [-0.25, -0.2) is 0 Å². The maximum Gasteiger partial charge on any atom is 0.0107 e. The fourth-order valence-electron chi connectivity index (χ4n) is 2.09. The predicted molar refractivity (Wildman–Crippen MR) is 62.9 cm³/mol. The third kappa shape index (κ3) is 1.96. The van der Waals surface area contributed by atoms with Gasteiger partial charge in [0.25, 0.3) is 0 Å². The second-order valence-electron chi connectivity index (χ2n) is 3.95. The lowest BCUT2D eigenvalue weighted by molar-refractivity contribution is 0.601. The van der Waals surface area contributed by atoms with Crippen molar-refractivity contribution in [2.45, 2.75) is 30.6 Å². The van der Waals surface area contributed by atoms with Crippen molar-refractivity contribution in [1.29, 1.82) is 0 Å². The lowest BCUT2D eigenvalue weighted by atomic mass is 9.91. The van der Waals surface area contributed by atoms with E-state index in [1.165, 1.54) is 28.2 Å². The summed E-state index contributed by atoms with van der Waals surface area (Å²) in [4.78, 5) is 1.47. The summed E-state index contributed by atoms with van der Waals surface area (Å²) in [5.74, 6) is 1.96. The number of hydrogen-bond acceptors (Lipinski definition) is 2. The first-order valence-corrected chi connectivity index (χ1v) is 6.23. The normalized spacial score (nSPS) is 20.6. The molecule has 14 heavy (non-hydrogen) atoms. The largest absolute Gasteiger partial charge is 0.330 e. The Morgan fingerprint density at radius 1 is 1.50 bits per heavy atom. The van der Waals surface area contributed by atoms with E-state index in [0.29, 0.717) is 5.92 Å². The summed E-state index contributed by atoms with van der Waals surface area (Å²) in [6.07, 6.45) is 2.43. The second kappa shape index (κ2) is 4.37. The van der Waals surface area contributed by atoms with Gasteiger partial charge in [-0.1, -0.05) is 17.7 Å².